The number of hydrogen-bond donors (Lipinski definition) is 0. The zero-order chi connectivity index (χ0) is 5.11. The number of hydrogen-bond acceptors (Lipinski definition) is 1. The van der Waals surface area contributed by atoms with Crippen LogP contribution in [-0.2, 0) is 0 Å². The van der Waals surface area contributed by atoms with Crippen molar-refractivity contribution >= 4 is 0 Å². The molecule has 0 bridgehead atoms. The average molecular weight is 92.1 g/mol. The Morgan fingerprint density at radius 1 is 1.71 bits per heavy atom. The molecular weight excluding hydrogens is 86.1 g/mol. The van der Waals surface area contributed by atoms with Gasteiger partial charge < -0.3 is 0 Å². The molecule has 0 atom stereocenters. The Morgan fingerprint density at radius 2 is 2.57 bits per heavy atom. The first kappa shape index (κ1) is 4.39. The average Bonchev–Trinajstić information content (AvgIpc) is 2.14. The van der Waals surface area contributed by atoms with Crippen LogP contribution >= 0.6 is 0 Å². The summed E-state index contributed by atoms with van der Waals surface area (Å²) in [5.74, 6) is 0.917. The first-order valence-corrected chi connectivity index (χ1v) is 2.36. The van der Waals surface area contributed by atoms with Gasteiger partial charge in [-0.3, -0.25) is 0 Å². The molecule has 0 unspecified atom stereocenters. The van der Waals surface area contributed by atoms with Gasteiger partial charge in [0, 0.05) is 0 Å². The lowest BCUT2D eigenvalue weighted by Crippen LogP contribution is -1.78. The van der Waals surface area contributed by atoms with Gasteiger partial charge in [-0.2, -0.15) is 5.26 Å². The van der Waals surface area contributed by atoms with Crippen LogP contribution in [0.25, 0.3) is 0 Å². The van der Waals surface area contributed by atoms with Gasteiger partial charge in [-0.05, 0) is 12.8 Å². The molecule has 0 aromatic carbocycles. The summed E-state index contributed by atoms with van der Waals surface area (Å²) in [5.41, 5.74) is 0. The molecule has 0 aromatic rings. The third kappa shape index (κ3) is 0.806. The smallest absolute Gasteiger partial charge is 0.0977 e. The van der Waals surface area contributed by atoms with Crippen molar-refractivity contribution in [3.63, 3.8) is 0 Å². The lowest BCUT2D eigenvalue weighted by molar-refractivity contribution is 1.00. The van der Waals surface area contributed by atoms with Crippen LogP contribution in [0.5, 0.6) is 0 Å². The van der Waals surface area contributed by atoms with Crippen LogP contribution in [0.3, 0.4) is 0 Å². The summed E-state index contributed by atoms with van der Waals surface area (Å²) in [6.07, 6.45) is 5.93. The highest BCUT2D eigenvalue weighted by Crippen LogP contribution is 2.16. The molecule has 7 heavy (non-hydrogen) atoms. The molecule has 0 aromatic heterocycles. The van der Waals surface area contributed by atoms with Gasteiger partial charge in [0.15, 0.2) is 0 Å². The number of rotatable bonds is 0. The molecule has 1 radical (unpaired) electrons. The van der Waals surface area contributed by atoms with Gasteiger partial charge in [0.05, 0.1) is 12.0 Å². The molecule has 0 saturated heterocycles. The van der Waals surface area contributed by atoms with E-state index in [-0.39, 0.29) is 0 Å². The zero-order valence-corrected chi connectivity index (χ0v) is 4.02. The quantitative estimate of drug-likeness (QED) is 0.443. The van der Waals surface area contributed by atoms with Gasteiger partial charge in [0.25, 0.3) is 0 Å². The van der Waals surface area contributed by atoms with Gasteiger partial charge in [0.2, 0.25) is 0 Å². The van der Waals surface area contributed by atoms with E-state index in [0.29, 0.717) is 0 Å². The molecule has 0 spiro atoms. The highest BCUT2D eigenvalue weighted by molar-refractivity contribution is 5.28. The molecule has 1 aliphatic rings. The van der Waals surface area contributed by atoms with Crippen LogP contribution in [0.2, 0.25) is 0 Å². The van der Waals surface area contributed by atoms with Gasteiger partial charge >= 0.3 is 0 Å². The third-order valence-corrected chi connectivity index (χ3v) is 1.04. The largest absolute Gasteiger partial charge is 0.197 e. The minimum Gasteiger partial charge on any atom is -0.197 e. The predicted molar refractivity (Wildman–Crippen MR) is 27.2 cm³/mol. The first-order valence-electron chi connectivity index (χ1n) is 2.36. The second-order valence-electron chi connectivity index (χ2n) is 1.58. The van der Waals surface area contributed by atoms with Crippen molar-refractivity contribution in [3.8, 4) is 6.07 Å². The molecule has 1 heteroatoms. The van der Waals surface area contributed by atoms with Crippen molar-refractivity contribution in [3.05, 3.63) is 18.1 Å². The van der Waals surface area contributed by atoms with Crippen LogP contribution in [-0.4, -0.2) is 0 Å². The van der Waals surface area contributed by atoms with E-state index in [1.807, 2.05) is 12.2 Å². The Balaban J connectivity index is 2.47. The van der Waals surface area contributed by atoms with Crippen LogP contribution in [0.4, 0.5) is 0 Å². The minimum atomic E-state index is 0.917. The van der Waals surface area contributed by atoms with E-state index in [2.05, 4.69) is 6.07 Å². The summed E-state index contributed by atoms with van der Waals surface area (Å²) >= 11 is 0. The fraction of sp³-hybridized carbons (Fsp3) is 0.333. The summed E-state index contributed by atoms with van der Waals surface area (Å²) in [5, 5.41) is 8.23. The van der Waals surface area contributed by atoms with Crippen LogP contribution in [0.1, 0.15) is 12.8 Å². The van der Waals surface area contributed by atoms with Crippen molar-refractivity contribution in [1.82, 2.24) is 0 Å². The number of allylic oxidation sites excluding steroid dienone is 2. The molecule has 0 amide bonds. The SMILES string of the molecule is N#C[C]1C=CCC1. The van der Waals surface area contributed by atoms with Gasteiger partial charge in [0.1, 0.15) is 0 Å². The summed E-state index contributed by atoms with van der Waals surface area (Å²) in [4.78, 5) is 0. The van der Waals surface area contributed by atoms with Crippen LogP contribution < -0.4 is 0 Å². The molecule has 35 valence electrons. The van der Waals surface area contributed by atoms with E-state index < -0.39 is 0 Å². The molecule has 0 fully saturated rings. The monoisotopic (exact) mass is 92.1 g/mol. The highest BCUT2D eigenvalue weighted by atomic mass is 14.3. The molecule has 0 aliphatic heterocycles. The maximum atomic E-state index is 8.23. The van der Waals surface area contributed by atoms with Gasteiger partial charge in [-0.15, -0.1) is 0 Å². The van der Waals surface area contributed by atoms with E-state index in [4.69, 9.17) is 5.26 Å². The Hall–Kier alpha value is -0.770. The molecule has 0 N–H and O–H groups in total. The van der Waals surface area contributed by atoms with Crippen molar-refractivity contribution < 1.29 is 0 Å². The van der Waals surface area contributed by atoms with Crippen molar-refractivity contribution in [2.45, 2.75) is 12.8 Å². The Morgan fingerprint density at radius 3 is 2.86 bits per heavy atom. The third-order valence-electron chi connectivity index (χ3n) is 1.04. The van der Waals surface area contributed by atoms with Crippen LogP contribution in [0.15, 0.2) is 12.2 Å². The van der Waals surface area contributed by atoms with Crippen molar-refractivity contribution in [2.24, 2.45) is 0 Å². The standard InChI is InChI=1S/C6H6N/c7-5-6-3-1-2-4-6/h1,3H,2,4H2. The van der Waals surface area contributed by atoms with E-state index in [9.17, 15) is 0 Å². The molecular formula is C6H6N. The van der Waals surface area contributed by atoms with E-state index >= 15 is 0 Å². The molecule has 0 heterocycles. The molecule has 1 rings (SSSR count). The number of nitriles is 1. The minimum absolute atomic E-state index is 0.917. The highest BCUT2D eigenvalue weighted by Gasteiger charge is 2.06. The summed E-state index contributed by atoms with van der Waals surface area (Å²) in [6, 6.07) is 2.09. The second-order valence-corrected chi connectivity index (χ2v) is 1.58. The molecule has 1 aliphatic carbocycles. The molecule has 1 nitrogen and oxygen atoms in total. The molecule has 0 saturated carbocycles. The van der Waals surface area contributed by atoms with Gasteiger partial charge in [-0.1, -0.05) is 12.2 Å². The normalized spacial score (nSPS) is 19.9. The van der Waals surface area contributed by atoms with Crippen LogP contribution in [0, 0.1) is 17.2 Å². The van der Waals surface area contributed by atoms with E-state index in [1.54, 1.807) is 0 Å². The topological polar surface area (TPSA) is 23.8 Å². The predicted octanol–water partition coefficient (Wildman–Crippen LogP) is 1.43. The summed E-state index contributed by atoms with van der Waals surface area (Å²) in [7, 11) is 0. The zero-order valence-electron chi connectivity index (χ0n) is 4.02. The fourth-order valence-corrected chi connectivity index (χ4v) is 0.641. The Bertz CT molecular complexity index is 119. The fourth-order valence-electron chi connectivity index (χ4n) is 0.641. The summed E-state index contributed by atoms with van der Waals surface area (Å²) < 4.78 is 0. The Kier molecular flexibility index (Phi) is 1.12. The van der Waals surface area contributed by atoms with E-state index in [1.165, 1.54) is 0 Å². The first-order chi connectivity index (χ1) is 3.43. The maximum absolute atomic E-state index is 8.23. The lowest BCUT2D eigenvalue weighted by atomic mass is 10.2. The van der Waals surface area contributed by atoms with Crippen molar-refractivity contribution in [2.75, 3.05) is 0 Å². The lowest BCUT2D eigenvalue weighted by Gasteiger charge is -1.84. The maximum Gasteiger partial charge on any atom is 0.0977 e. The van der Waals surface area contributed by atoms with Gasteiger partial charge in [-0.25, -0.2) is 0 Å². The second kappa shape index (κ2) is 1.79. The summed E-state index contributed by atoms with van der Waals surface area (Å²) in [6.45, 7) is 0. The van der Waals surface area contributed by atoms with E-state index in [0.717, 1.165) is 18.8 Å². The van der Waals surface area contributed by atoms with Crippen molar-refractivity contribution in [1.29, 1.82) is 5.26 Å². The number of nitrogens with zero attached hydrogens (tertiary/aromatic N) is 1. The Labute approximate surface area is 43.3 Å².